The standard InChI is InChI=1S/C9H17NO3/c1-6(2)9(3,8(11)12)7-10-4-5-13-7/h6-7,10H,4-5H2,1-3H3,(H,11,12). The van der Waals surface area contributed by atoms with E-state index < -0.39 is 11.4 Å². The lowest BCUT2D eigenvalue weighted by Gasteiger charge is -2.34. The number of carboxylic acids is 1. The van der Waals surface area contributed by atoms with E-state index in [1.165, 1.54) is 0 Å². The van der Waals surface area contributed by atoms with Crippen LogP contribution in [0.25, 0.3) is 0 Å². The lowest BCUT2D eigenvalue weighted by Crippen LogP contribution is -2.49. The highest BCUT2D eigenvalue weighted by atomic mass is 16.5. The Balaban J connectivity index is 2.82. The van der Waals surface area contributed by atoms with Crippen LogP contribution >= 0.6 is 0 Å². The molecular weight excluding hydrogens is 170 g/mol. The highest BCUT2D eigenvalue weighted by molar-refractivity contribution is 5.75. The van der Waals surface area contributed by atoms with E-state index >= 15 is 0 Å². The Kier molecular flexibility index (Phi) is 2.93. The summed E-state index contributed by atoms with van der Waals surface area (Å²) in [5.74, 6) is -0.762. The number of nitrogens with one attached hydrogen (secondary N) is 1. The van der Waals surface area contributed by atoms with Crippen molar-refractivity contribution in [1.29, 1.82) is 0 Å². The molecule has 1 rings (SSSR count). The number of carboxylic acid groups (broad SMARTS) is 1. The Bertz CT molecular complexity index is 199. The van der Waals surface area contributed by atoms with Crippen molar-refractivity contribution in [3.8, 4) is 0 Å². The molecule has 0 amide bonds. The Hall–Kier alpha value is -0.610. The van der Waals surface area contributed by atoms with E-state index in [0.717, 1.165) is 6.54 Å². The minimum absolute atomic E-state index is 0.0422. The average Bonchev–Trinajstić information content (AvgIpc) is 2.54. The fourth-order valence-electron chi connectivity index (χ4n) is 1.47. The van der Waals surface area contributed by atoms with Gasteiger partial charge in [0.15, 0.2) is 0 Å². The summed E-state index contributed by atoms with van der Waals surface area (Å²) in [5.41, 5.74) is -0.837. The molecule has 0 spiro atoms. The predicted molar refractivity (Wildman–Crippen MR) is 48.3 cm³/mol. The summed E-state index contributed by atoms with van der Waals surface area (Å²) in [5, 5.41) is 12.2. The van der Waals surface area contributed by atoms with Gasteiger partial charge in [-0.3, -0.25) is 10.1 Å². The molecule has 0 radical (unpaired) electrons. The molecule has 0 aromatic rings. The number of hydrogen-bond acceptors (Lipinski definition) is 3. The zero-order valence-electron chi connectivity index (χ0n) is 8.33. The van der Waals surface area contributed by atoms with Gasteiger partial charge in [0.1, 0.15) is 11.6 Å². The van der Waals surface area contributed by atoms with Crippen molar-refractivity contribution in [3.63, 3.8) is 0 Å². The summed E-state index contributed by atoms with van der Waals surface area (Å²) < 4.78 is 5.35. The number of rotatable bonds is 3. The summed E-state index contributed by atoms with van der Waals surface area (Å²) in [4.78, 5) is 11.1. The van der Waals surface area contributed by atoms with E-state index in [0.29, 0.717) is 6.61 Å². The quantitative estimate of drug-likeness (QED) is 0.682. The van der Waals surface area contributed by atoms with Gasteiger partial charge in [0.25, 0.3) is 0 Å². The molecule has 13 heavy (non-hydrogen) atoms. The second-order valence-corrected chi connectivity index (χ2v) is 3.95. The fraction of sp³-hybridized carbons (Fsp3) is 0.889. The Labute approximate surface area is 78.3 Å². The normalized spacial score (nSPS) is 27.5. The molecule has 0 bridgehead atoms. The molecular formula is C9H17NO3. The van der Waals surface area contributed by atoms with Gasteiger partial charge in [-0.2, -0.15) is 0 Å². The van der Waals surface area contributed by atoms with E-state index in [9.17, 15) is 4.79 Å². The third kappa shape index (κ3) is 1.69. The first-order valence-corrected chi connectivity index (χ1v) is 4.58. The van der Waals surface area contributed by atoms with Crippen molar-refractivity contribution in [2.24, 2.45) is 11.3 Å². The van der Waals surface area contributed by atoms with E-state index in [2.05, 4.69) is 5.32 Å². The maximum Gasteiger partial charge on any atom is 0.313 e. The Morgan fingerprint density at radius 2 is 2.31 bits per heavy atom. The van der Waals surface area contributed by atoms with E-state index in [-0.39, 0.29) is 12.1 Å². The molecule has 0 saturated carbocycles. The van der Waals surface area contributed by atoms with Crippen molar-refractivity contribution < 1.29 is 14.6 Å². The Morgan fingerprint density at radius 3 is 2.62 bits per heavy atom. The first-order chi connectivity index (χ1) is 5.99. The minimum Gasteiger partial charge on any atom is -0.481 e. The molecule has 2 unspecified atom stereocenters. The van der Waals surface area contributed by atoms with Crippen LogP contribution in [0.1, 0.15) is 20.8 Å². The molecule has 2 atom stereocenters. The first-order valence-electron chi connectivity index (χ1n) is 4.58. The summed E-state index contributed by atoms with van der Waals surface area (Å²) in [6.45, 7) is 6.86. The van der Waals surface area contributed by atoms with Gasteiger partial charge in [0.2, 0.25) is 0 Å². The molecule has 1 fully saturated rings. The smallest absolute Gasteiger partial charge is 0.313 e. The monoisotopic (exact) mass is 187 g/mol. The molecule has 0 aromatic carbocycles. The maximum atomic E-state index is 11.1. The van der Waals surface area contributed by atoms with Crippen molar-refractivity contribution in [1.82, 2.24) is 5.32 Å². The van der Waals surface area contributed by atoms with Crippen LogP contribution in [0.15, 0.2) is 0 Å². The predicted octanol–water partition coefficient (Wildman–Crippen LogP) is 0.679. The summed E-state index contributed by atoms with van der Waals surface area (Å²) in [7, 11) is 0. The molecule has 1 saturated heterocycles. The van der Waals surface area contributed by atoms with E-state index in [1.807, 2.05) is 13.8 Å². The fourth-order valence-corrected chi connectivity index (χ4v) is 1.47. The van der Waals surface area contributed by atoms with Gasteiger partial charge < -0.3 is 9.84 Å². The first kappa shape index (κ1) is 10.5. The van der Waals surface area contributed by atoms with Gasteiger partial charge in [-0.1, -0.05) is 13.8 Å². The number of ether oxygens (including phenoxy) is 1. The third-order valence-corrected chi connectivity index (χ3v) is 2.92. The number of carbonyl (C=O) groups is 1. The topological polar surface area (TPSA) is 58.6 Å². The van der Waals surface area contributed by atoms with Crippen LogP contribution in [0.5, 0.6) is 0 Å². The van der Waals surface area contributed by atoms with Crippen LogP contribution in [0.3, 0.4) is 0 Å². The van der Waals surface area contributed by atoms with Crippen molar-refractivity contribution in [2.75, 3.05) is 13.2 Å². The van der Waals surface area contributed by atoms with Gasteiger partial charge in [0.05, 0.1) is 6.61 Å². The summed E-state index contributed by atoms with van der Waals surface area (Å²) >= 11 is 0. The zero-order chi connectivity index (χ0) is 10.1. The van der Waals surface area contributed by atoms with Crippen LogP contribution in [0.2, 0.25) is 0 Å². The molecule has 1 aliphatic heterocycles. The van der Waals surface area contributed by atoms with Gasteiger partial charge in [0, 0.05) is 6.54 Å². The van der Waals surface area contributed by atoms with Gasteiger partial charge >= 0.3 is 5.97 Å². The van der Waals surface area contributed by atoms with Crippen molar-refractivity contribution in [3.05, 3.63) is 0 Å². The highest BCUT2D eigenvalue weighted by Gasteiger charge is 2.46. The molecule has 76 valence electrons. The molecule has 1 aliphatic rings. The van der Waals surface area contributed by atoms with Crippen molar-refractivity contribution >= 4 is 5.97 Å². The SMILES string of the molecule is CC(C)C(C)(C(=O)O)C1NCCO1. The number of aliphatic carboxylic acids is 1. The summed E-state index contributed by atoms with van der Waals surface area (Å²) in [6.07, 6.45) is -0.356. The highest BCUT2D eigenvalue weighted by Crippen LogP contribution is 2.33. The van der Waals surface area contributed by atoms with Crippen LogP contribution in [-0.4, -0.2) is 30.5 Å². The molecule has 0 aromatic heterocycles. The second-order valence-electron chi connectivity index (χ2n) is 3.95. The largest absolute Gasteiger partial charge is 0.481 e. The second kappa shape index (κ2) is 3.64. The van der Waals surface area contributed by atoms with Gasteiger partial charge in [-0.05, 0) is 12.8 Å². The van der Waals surface area contributed by atoms with E-state index in [4.69, 9.17) is 9.84 Å². The van der Waals surface area contributed by atoms with Crippen LogP contribution in [0.4, 0.5) is 0 Å². The van der Waals surface area contributed by atoms with Gasteiger partial charge in [-0.15, -0.1) is 0 Å². The Morgan fingerprint density at radius 1 is 1.69 bits per heavy atom. The third-order valence-electron chi connectivity index (χ3n) is 2.92. The van der Waals surface area contributed by atoms with Crippen LogP contribution in [-0.2, 0) is 9.53 Å². The molecule has 1 heterocycles. The zero-order valence-corrected chi connectivity index (χ0v) is 8.33. The van der Waals surface area contributed by atoms with Crippen LogP contribution < -0.4 is 5.32 Å². The number of hydrogen-bond donors (Lipinski definition) is 2. The van der Waals surface area contributed by atoms with Gasteiger partial charge in [-0.25, -0.2) is 0 Å². The van der Waals surface area contributed by atoms with Crippen LogP contribution in [0, 0.1) is 11.3 Å². The lowest BCUT2D eigenvalue weighted by molar-refractivity contribution is -0.161. The van der Waals surface area contributed by atoms with E-state index in [1.54, 1.807) is 6.92 Å². The minimum atomic E-state index is -0.837. The molecule has 0 aliphatic carbocycles. The maximum absolute atomic E-state index is 11.1. The summed E-state index contributed by atoms with van der Waals surface area (Å²) in [6, 6.07) is 0. The molecule has 4 nitrogen and oxygen atoms in total. The molecule has 2 N–H and O–H groups in total. The molecule has 4 heteroatoms. The average molecular weight is 187 g/mol. The lowest BCUT2D eigenvalue weighted by atomic mass is 9.77. The van der Waals surface area contributed by atoms with Crippen molar-refractivity contribution in [2.45, 2.75) is 27.0 Å².